The van der Waals surface area contributed by atoms with E-state index in [0.29, 0.717) is 18.1 Å². The third-order valence-electron chi connectivity index (χ3n) is 4.06. The fourth-order valence-electron chi connectivity index (χ4n) is 2.76. The number of nitrogens with zero attached hydrogens (tertiary/aromatic N) is 1. The van der Waals surface area contributed by atoms with Crippen LogP contribution in [0, 0.1) is 5.92 Å². The minimum atomic E-state index is 0.307. The summed E-state index contributed by atoms with van der Waals surface area (Å²) in [7, 11) is 0. The molecule has 19 heavy (non-hydrogen) atoms. The molecule has 1 aliphatic heterocycles. The van der Waals surface area contributed by atoms with Crippen molar-refractivity contribution in [3.63, 3.8) is 0 Å². The van der Waals surface area contributed by atoms with Crippen molar-refractivity contribution in [2.45, 2.75) is 39.7 Å². The minimum Gasteiger partial charge on any atom is -0.504 e. The van der Waals surface area contributed by atoms with Crippen molar-refractivity contribution in [2.24, 2.45) is 5.92 Å². The van der Waals surface area contributed by atoms with Crippen LogP contribution in [0.3, 0.4) is 0 Å². The maximum absolute atomic E-state index is 10.2. The van der Waals surface area contributed by atoms with Gasteiger partial charge in [0.2, 0.25) is 0 Å². The van der Waals surface area contributed by atoms with E-state index >= 15 is 0 Å². The van der Waals surface area contributed by atoms with E-state index in [1.807, 2.05) is 25.1 Å². The van der Waals surface area contributed by atoms with E-state index in [4.69, 9.17) is 4.74 Å². The molecule has 1 aliphatic rings. The van der Waals surface area contributed by atoms with Gasteiger partial charge in [0, 0.05) is 12.1 Å². The average molecular weight is 263 g/mol. The lowest BCUT2D eigenvalue weighted by molar-refractivity contribution is 0.173. The second kappa shape index (κ2) is 6.80. The number of phenols is 1. The molecule has 3 nitrogen and oxygen atoms in total. The van der Waals surface area contributed by atoms with Gasteiger partial charge in [0.25, 0.3) is 0 Å². The molecule has 1 fully saturated rings. The summed E-state index contributed by atoms with van der Waals surface area (Å²) in [4.78, 5) is 2.43. The quantitative estimate of drug-likeness (QED) is 0.883. The molecule has 0 radical (unpaired) electrons. The number of para-hydroxylation sites is 1. The molecule has 2 rings (SSSR count). The first-order chi connectivity index (χ1) is 9.24. The Kier molecular flexibility index (Phi) is 5.08. The van der Waals surface area contributed by atoms with Crippen LogP contribution in [-0.4, -0.2) is 29.7 Å². The molecule has 0 atom stereocenters. The van der Waals surface area contributed by atoms with Crippen LogP contribution in [0.25, 0.3) is 0 Å². The van der Waals surface area contributed by atoms with Crippen LogP contribution < -0.4 is 4.74 Å². The first-order valence-electron chi connectivity index (χ1n) is 7.40. The first kappa shape index (κ1) is 14.2. The fourth-order valence-corrected chi connectivity index (χ4v) is 2.76. The first-order valence-corrected chi connectivity index (χ1v) is 7.40. The Hall–Kier alpha value is -1.22. The van der Waals surface area contributed by atoms with Gasteiger partial charge in [0.05, 0.1) is 6.61 Å². The van der Waals surface area contributed by atoms with Gasteiger partial charge in [-0.15, -0.1) is 0 Å². The van der Waals surface area contributed by atoms with E-state index < -0.39 is 0 Å². The van der Waals surface area contributed by atoms with E-state index in [-0.39, 0.29) is 0 Å². The molecule has 0 amide bonds. The molecule has 1 aromatic rings. The topological polar surface area (TPSA) is 32.7 Å². The number of ether oxygens (including phenoxy) is 1. The molecule has 0 saturated carbocycles. The lowest BCUT2D eigenvalue weighted by Gasteiger charge is -2.31. The zero-order valence-corrected chi connectivity index (χ0v) is 12.1. The monoisotopic (exact) mass is 263 g/mol. The van der Waals surface area contributed by atoms with Gasteiger partial charge in [-0.25, -0.2) is 0 Å². The molecule has 1 N–H and O–H groups in total. The highest BCUT2D eigenvalue weighted by molar-refractivity contribution is 5.45. The van der Waals surface area contributed by atoms with Gasteiger partial charge in [0.1, 0.15) is 0 Å². The summed E-state index contributed by atoms with van der Waals surface area (Å²) in [6, 6.07) is 5.77. The van der Waals surface area contributed by atoms with Crippen LogP contribution in [0.5, 0.6) is 11.5 Å². The summed E-state index contributed by atoms with van der Waals surface area (Å²) in [6.45, 7) is 7.88. The molecule has 0 spiro atoms. The smallest absolute Gasteiger partial charge is 0.162 e. The summed E-state index contributed by atoms with van der Waals surface area (Å²) in [5.74, 6) is 1.80. The van der Waals surface area contributed by atoms with Crippen molar-refractivity contribution in [2.75, 3.05) is 19.7 Å². The third-order valence-corrected chi connectivity index (χ3v) is 4.06. The number of benzene rings is 1. The van der Waals surface area contributed by atoms with Crippen molar-refractivity contribution in [3.8, 4) is 11.5 Å². The average Bonchev–Trinajstić information content (AvgIpc) is 2.44. The molecule has 1 saturated heterocycles. The van der Waals surface area contributed by atoms with Gasteiger partial charge in [-0.2, -0.15) is 0 Å². The second-order valence-electron chi connectivity index (χ2n) is 5.32. The van der Waals surface area contributed by atoms with Crippen LogP contribution in [0.4, 0.5) is 0 Å². The predicted molar refractivity (Wildman–Crippen MR) is 77.6 cm³/mol. The summed E-state index contributed by atoms with van der Waals surface area (Å²) in [6.07, 6.45) is 3.85. The van der Waals surface area contributed by atoms with E-state index in [0.717, 1.165) is 31.1 Å². The van der Waals surface area contributed by atoms with Gasteiger partial charge >= 0.3 is 0 Å². The molecule has 1 heterocycles. The Bertz CT molecular complexity index is 398. The number of hydrogen-bond acceptors (Lipinski definition) is 3. The number of likely N-dealkylation sites (tertiary alicyclic amines) is 1. The molecular formula is C16H25NO2. The molecule has 1 aromatic carbocycles. The Balaban J connectivity index is 1.98. The molecule has 0 bridgehead atoms. The summed E-state index contributed by atoms with van der Waals surface area (Å²) >= 11 is 0. The van der Waals surface area contributed by atoms with Crippen LogP contribution in [0.15, 0.2) is 18.2 Å². The zero-order chi connectivity index (χ0) is 13.7. The van der Waals surface area contributed by atoms with Crippen LogP contribution in [0.1, 0.15) is 38.7 Å². The van der Waals surface area contributed by atoms with Crippen molar-refractivity contribution >= 4 is 0 Å². The highest BCUT2D eigenvalue weighted by Gasteiger charge is 2.19. The summed E-state index contributed by atoms with van der Waals surface area (Å²) < 4.78 is 5.43. The number of aromatic hydroxyl groups is 1. The van der Waals surface area contributed by atoms with Crippen LogP contribution in [0.2, 0.25) is 0 Å². The van der Waals surface area contributed by atoms with Crippen molar-refractivity contribution in [1.29, 1.82) is 0 Å². The van der Waals surface area contributed by atoms with Crippen LogP contribution >= 0.6 is 0 Å². The largest absolute Gasteiger partial charge is 0.504 e. The second-order valence-corrected chi connectivity index (χ2v) is 5.32. The third kappa shape index (κ3) is 3.63. The van der Waals surface area contributed by atoms with E-state index in [2.05, 4.69) is 11.8 Å². The zero-order valence-electron chi connectivity index (χ0n) is 12.1. The molecule has 0 unspecified atom stereocenters. The van der Waals surface area contributed by atoms with Gasteiger partial charge in [-0.05, 0) is 44.8 Å². The van der Waals surface area contributed by atoms with Gasteiger partial charge < -0.3 is 9.84 Å². The van der Waals surface area contributed by atoms with E-state index in [9.17, 15) is 5.11 Å². The lowest BCUT2D eigenvalue weighted by atomic mass is 9.94. The minimum absolute atomic E-state index is 0.307. The fraction of sp³-hybridized carbons (Fsp3) is 0.625. The maximum atomic E-state index is 10.2. The van der Waals surface area contributed by atoms with Gasteiger partial charge in [-0.1, -0.05) is 25.5 Å². The standard InChI is InChI=1S/C16H25NO2/c1-3-13-8-10-17(11-9-13)12-14-6-5-7-15(16(14)18)19-4-2/h5-7,13,18H,3-4,8-12H2,1-2H3. The number of piperidine rings is 1. The van der Waals surface area contributed by atoms with Gasteiger partial charge in [0.15, 0.2) is 11.5 Å². The summed E-state index contributed by atoms with van der Waals surface area (Å²) in [5.41, 5.74) is 0.973. The lowest BCUT2D eigenvalue weighted by Crippen LogP contribution is -2.33. The summed E-state index contributed by atoms with van der Waals surface area (Å²) in [5, 5.41) is 10.2. The molecule has 106 valence electrons. The number of rotatable bonds is 5. The normalized spacial score (nSPS) is 17.6. The van der Waals surface area contributed by atoms with E-state index in [1.165, 1.54) is 19.3 Å². The predicted octanol–water partition coefficient (Wildman–Crippen LogP) is 3.41. The molecule has 0 aliphatic carbocycles. The Morgan fingerprint density at radius 3 is 2.63 bits per heavy atom. The maximum Gasteiger partial charge on any atom is 0.162 e. The SMILES string of the molecule is CCOc1cccc(CN2CCC(CC)CC2)c1O. The van der Waals surface area contributed by atoms with Crippen molar-refractivity contribution in [1.82, 2.24) is 4.90 Å². The molecular weight excluding hydrogens is 238 g/mol. The van der Waals surface area contributed by atoms with Crippen LogP contribution in [-0.2, 0) is 6.54 Å². The Labute approximate surface area is 116 Å². The highest BCUT2D eigenvalue weighted by Crippen LogP contribution is 2.31. The Morgan fingerprint density at radius 1 is 1.26 bits per heavy atom. The van der Waals surface area contributed by atoms with Crippen molar-refractivity contribution in [3.05, 3.63) is 23.8 Å². The highest BCUT2D eigenvalue weighted by atomic mass is 16.5. The van der Waals surface area contributed by atoms with Gasteiger partial charge in [-0.3, -0.25) is 4.90 Å². The Morgan fingerprint density at radius 2 is 2.00 bits per heavy atom. The van der Waals surface area contributed by atoms with Crippen molar-refractivity contribution < 1.29 is 9.84 Å². The van der Waals surface area contributed by atoms with E-state index in [1.54, 1.807) is 0 Å². The molecule has 0 aromatic heterocycles. The number of hydrogen-bond donors (Lipinski definition) is 1. The number of phenolic OH excluding ortho intramolecular Hbond substituents is 1. The molecule has 3 heteroatoms.